The number of unbranched alkanes of at least 4 members (excludes halogenated alkanes) is 6. The first kappa shape index (κ1) is 34.6. The van der Waals surface area contributed by atoms with Gasteiger partial charge in [0.15, 0.2) is 0 Å². The highest BCUT2D eigenvalue weighted by atomic mass is 16.5. The number of carbonyl (C=O) groups is 1. The number of aliphatic hydroxyl groups excluding tert-OH is 2. The minimum atomic E-state index is -0.690. The van der Waals surface area contributed by atoms with E-state index in [0.717, 1.165) is 24.2 Å². The van der Waals surface area contributed by atoms with E-state index in [9.17, 15) is 15.0 Å². The molecule has 5 heteroatoms. The van der Waals surface area contributed by atoms with Gasteiger partial charge >= 0.3 is 5.97 Å². The summed E-state index contributed by atoms with van der Waals surface area (Å²) in [6, 6.07) is 13.3. The molecule has 2 aromatic carbocycles. The Bertz CT molecular complexity index is 1040. The molecular formula is C36H54O5. The van der Waals surface area contributed by atoms with Gasteiger partial charge in [0, 0.05) is 5.57 Å². The SMILES string of the molecule is C=C(C)C(=O)OCCCc1cc(-c2ccc(CCCCCCCCC)cc2)c(CC)cc1OCC(CC)(CO)CO. The largest absolute Gasteiger partial charge is 0.493 e. The molecule has 0 saturated carbocycles. The number of benzene rings is 2. The van der Waals surface area contributed by atoms with E-state index in [2.05, 4.69) is 56.8 Å². The van der Waals surface area contributed by atoms with E-state index < -0.39 is 5.41 Å². The van der Waals surface area contributed by atoms with Crippen LogP contribution in [0.15, 0.2) is 48.6 Å². The molecule has 0 unspecified atom stereocenters. The van der Waals surface area contributed by atoms with Gasteiger partial charge in [0.05, 0.1) is 31.8 Å². The van der Waals surface area contributed by atoms with E-state index in [4.69, 9.17) is 9.47 Å². The van der Waals surface area contributed by atoms with Gasteiger partial charge in [0.2, 0.25) is 0 Å². The van der Waals surface area contributed by atoms with Gasteiger partial charge in [-0.15, -0.1) is 0 Å². The zero-order valence-electron chi connectivity index (χ0n) is 26.1. The molecule has 0 bridgehead atoms. The number of esters is 1. The number of rotatable bonds is 21. The standard InChI is InChI=1S/C36H54O5/c1-6-9-10-11-12-13-14-16-29-18-20-31(21-19-29)33-23-32(17-15-22-40-35(39)28(4)5)34(24-30(33)7-2)41-27-36(8-3,25-37)26-38/h18-21,23-24,37-38H,4,6-17,22,25-27H2,1-3,5H3. The Balaban J connectivity index is 2.21. The van der Waals surface area contributed by atoms with Crippen LogP contribution in [0.4, 0.5) is 0 Å². The van der Waals surface area contributed by atoms with E-state index in [1.807, 2.05) is 6.92 Å². The Morgan fingerprint density at radius 2 is 1.51 bits per heavy atom. The van der Waals surface area contributed by atoms with Crippen LogP contribution in [-0.2, 0) is 28.8 Å². The number of hydrogen-bond acceptors (Lipinski definition) is 5. The Morgan fingerprint density at radius 3 is 2.10 bits per heavy atom. The summed E-state index contributed by atoms with van der Waals surface area (Å²) in [7, 11) is 0. The molecule has 0 aromatic heterocycles. The van der Waals surface area contributed by atoms with Crippen LogP contribution in [0.3, 0.4) is 0 Å². The fourth-order valence-corrected chi connectivity index (χ4v) is 4.94. The van der Waals surface area contributed by atoms with Crippen LogP contribution in [0.25, 0.3) is 11.1 Å². The average molecular weight is 567 g/mol. The maximum Gasteiger partial charge on any atom is 0.333 e. The molecule has 41 heavy (non-hydrogen) atoms. The van der Waals surface area contributed by atoms with Gasteiger partial charge in [-0.1, -0.05) is 90.1 Å². The molecule has 2 N–H and O–H groups in total. The zero-order chi connectivity index (χ0) is 30.1. The molecule has 0 spiro atoms. The number of aryl methyl sites for hydroxylation is 3. The van der Waals surface area contributed by atoms with Crippen LogP contribution >= 0.6 is 0 Å². The Hall–Kier alpha value is -2.63. The summed E-state index contributed by atoms with van der Waals surface area (Å²) in [4.78, 5) is 11.8. The second kappa shape index (κ2) is 18.7. The molecule has 0 heterocycles. The summed E-state index contributed by atoms with van der Waals surface area (Å²) in [5.41, 5.74) is 5.66. The van der Waals surface area contributed by atoms with E-state index in [1.54, 1.807) is 6.92 Å². The molecule has 0 atom stereocenters. The van der Waals surface area contributed by atoms with E-state index in [1.165, 1.54) is 67.2 Å². The van der Waals surface area contributed by atoms with Crippen LogP contribution in [0.2, 0.25) is 0 Å². The quantitative estimate of drug-likeness (QED) is 0.0909. The van der Waals surface area contributed by atoms with Crippen molar-refractivity contribution < 1.29 is 24.5 Å². The lowest BCUT2D eigenvalue weighted by atomic mass is 9.88. The molecule has 0 saturated heterocycles. The third-order valence-corrected chi connectivity index (χ3v) is 8.13. The number of carbonyl (C=O) groups excluding carboxylic acids is 1. The van der Waals surface area contributed by atoms with E-state index >= 15 is 0 Å². The van der Waals surface area contributed by atoms with Gasteiger partial charge < -0.3 is 19.7 Å². The summed E-state index contributed by atoms with van der Waals surface area (Å²) >= 11 is 0. The molecule has 0 radical (unpaired) electrons. The van der Waals surface area contributed by atoms with Crippen molar-refractivity contribution in [3.63, 3.8) is 0 Å². The van der Waals surface area contributed by atoms with Crippen molar-refractivity contribution >= 4 is 5.97 Å². The van der Waals surface area contributed by atoms with Gasteiger partial charge in [-0.25, -0.2) is 4.79 Å². The predicted octanol–water partition coefficient (Wildman–Crippen LogP) is 8.02. The molecule has 2 rings (SSSR count). The lowest BCUT2D eigenvalue weighted by Gasteiger charge is -2.29. The highest BCUT2D eigenvalue weighted by molar-refractivity contribution is 5.86. The van der Waals surface area contributed by atoms with Gasteiger partial charge in [0.25, 0.3) is 0 Å². The molecule has 0 fully saturated rings. The summed E-state index contributed by atoms with van der Waals surface area (Å²) in [6.07, 6.45) is 13.1. The first-order valence-electron chi connectivity index (χ1n) is 15.7. The third-order valence-electron chi connectivity index (χ3n) is 8.13. The monoisotopic (exact) mass is 566 g/mol. The second-order valence-corrected chi connectivity index (χ2v) is 11.5. The predicted molar refractivity (Wildman–Crippen MR) is 169 cm³/mol. The molecule has 0 aliphatic carbocycles. The second-order valence-electron chi connectivity index (χ2n) is 11.5. The third kappa shape index (κ3) is 11.3. The first-order valence-corrected chi connectivity index (χ1v) is 15.7. The fraction of sp³-hybridized carbons (Fsp3) is 0.583. The van der Waals surface area contributed by atoms with Crippen LogP contribution in [0, 0.1) is 5.41 Å². The van der Waals surface area contributed by atoms with Crippen molar-refractivity contribution in [3.8, 4) is 16.9 Å². The summed E-state index contributed by atoms with van der Waals surface area (Å²) in [5.74, 6) is 0.380. The van der Waals surface area contributed by atoms with Crippen LogP contribution in [-0.4, -0.2) is 42.6 Å². The normalized spacial score (nSPS) is 11.5. The summed E-state index contributed by atoms with van der Waals surface area (Å²) in [6.45, 7) is 11.9. The van der Waals surface area contributed by atoms with Crippen molar-refractivity contribution in [3.05, 3.63) is 65.2 Å². The number of ether oxygens (including phenoxy) is 2. The van der Waals surface area contributed by atoms with Crippen LogP contribution in [0.5, 0.6) is 5.75 Å². The molecule has 0 amide bonds. The molecule has 228 valence electrons. The number of aliphatic hydroxyl groups is 2. The fourth-order valence-electron chi connectivity index (χ4n) is 4.94. The topological polar surface area (TPSA) is 76.0 Å². The minimum Gasteiger partial charge on any atom is -0.493 e. The zero-order valence-corrected chi connectivity index (χ0v) is 26.1. The van der Waals surface area contributed by atoms with Gasteiger partial charge in [-0.05, 0) is 85.4 Å². The Kier molecular flexibility index (Phi) is 15.8. The Morgan fingerprint density at radius 1 is 0.854 bits per heavy atom. The lowest BCUT2D eigenvalue weighted by Crippen LogP contribution is -2.35. The smallest absolute Gasteiger partial charge is 0.333 e. The van der Waals surface area contributed by atoms with E-state index in [-0.39, 0.29) is 25.8 Å². The van der Waals surface area contributed by atoms with Crippen LogP contribution in [0.1, 0.15) is 102 Å². The molecule has 0 aliphatic heterocycles. The highest BCUT2D eigenvalue weighted by Crippen LogP contribution is 2.34. The highest BCUT2D eigenvalue weighted by Gasteiger charge is 2.28. The maximum atomic E-state index is 11.8. The number of hydrogen-bond donors (Lipinski definition) is 2. The molecule has 0 aliphatic rings. The average Bonchev–Trinajstić information content (AvgIpc) is 3.00. The Labute approximate surface area is 249 Å². The molecular weight excluding hydrogens is 512 g/mol. The first-order chi connectivity index (χ1) is 19.8. The maximum absolute atomic E-state index is 11.8. The minimum absolute atomic E-state index is 0.143. The summed E-state index contributed by atoms with van der Waals surface area (Å²) in [5, 5.41) is 19.9. The van der Waals surface area contributed by atoms with Gasteiger partial charge in [-0.2, -0.15) is 0 Å². The molecule has 2 aromatic rings. The molecule has 5 nitrogen and oxygen atoms in total. The van der Waals surface area contributed by atoms with Crippen molar-refractivity contribution in [1.82, 2.24) is 0 Å². The summed E-state index contributed by atoms with van der Waals surface area (Å²) < 4.78 is 11.6. The van der Waals surface area contributed by atoms with Gasteiger partial charge in [-0.3, -0.25) is 0 Å². The van der Waals surface area contributed by atoms with Crippen molar-refractivity contribution in [2.24, 2.45) is 5.41 Å². The van der Waals surface area contributed by atoms with Crippen molar-refractivity contribution in [2.75, 3.05) is 26.4 Å². The van der Waals surface area contributed by atoms with Crippen molar-refractivity contribution in [1.29, 1.82) is 0 Å². The van der Waals surface area contributed by atoms with Crippen LogP contribution < -0.4 is 4.74 Å². The van der Waals surface area contributed by atoms with Crippen molar-refractivity contribution in [2.45, 2.75) is 105 Å². The lowest BCUT2D eigenvalue weighted by molar-refractivity contribution is -0.139. The van der Waals surface area contributed by atoms with E-state index in [0.29, 0.717) is 31.4 Å². The van der Waals surface area contributed by atoms with Gasteiger partial charge in [0.1, 0.15) is 5.75 Å².